The number of fused-ring (bicyclic) bond motifs is 1. The van der Waals surface area contributed by atoms with E-state index in [4.69, 9.17) is 9.26 Å². The highest BCUT2D eigenvalue weighted by molar-refractivity contribution is 9.10. The monoisotopic (exact) mass is 477 g/mol. The molecule has 0 spiro atoms. The van der Waals surface area contributed by atoms with Gasteiger partial charge in [-0.2, -0.15) is 10.1 Å². The first kappa shape index (κ1) is 19.3. The molecule has 0 bridgehead atoms. The van der Waals surface area contributed by atoms with E-state index >= 15 is 0 Å². The zero-order valence-electron chi connectivity index (χ0n) is 16.4. The summed E-state index contributed by atoms with van der Waals surface area (Å²) < 4.78 is 14.6. The van der Waals surface area contributed by atoms with E-state index < -0.39 is 0 Å². The van der Waals surface area contributed by atoms with E-state index in [1.807, 2.05) is 48.5 Å². The molecule has 154 valence electrons. The number of halogens is 1. The van der Waals surface area contributed by atoms with Gasteiger partial charge in [-0.05, 0) is 54.6 Å². The average molecular weight is 478 g/mol. The van der Waals surface area contributed by atoms with Gasteiger partial charge in [0.15, 0.2) is 0 Å². The SMILES string of the molecule is COc1ccc(-c2cc3c(=O)n(Cc4nc(-c5ccc(Br)cc5)no4)ccn3n2)cc1. The minimum Gasteiger partial charge on any atom is -0.497 e. The van der Waals surface area contributed by atoms with Crippen LogP contribution in [0.5, 0.6) is 5.75 Å². The first-order chi connectivity index (χ1) is 15.1. The molecule has 31 heavy (non-hydrogen) atoms. The standard InChI is InChI=1S/C22H16BrN5O3/c1-30-17-8-4-14(5-9-17)18-12-19-22(29)27(10-11-28(19)25-18)13-20-24-21(26-31-20)15-2-6-16(23)7-3-15/h2-12H,13H2,1H3. The highest BCUT2D eigenvalue weighted by atomic mass is 79.9. The lowest BCUT2D eigenvalue weighted by Crippen LogP contribution is -2.21. The Hall–Kier alpha value is -3.72. The number of hydrogen-bond donors (Lipinski definition) is 0. The van der Waals surface area contributed by atoms with Gasteiger partial charge >= 0.3 is 0 Å². The molecule has 0 saturated heterocycles. The second kappa shape index (κ2) is 7.84. The van der Waals surface area contributed by atoms with Crippen molar-refractivity contribution in [2.24, 2.45) is 0 Å². The fourth-order valence-corrected chi connectivity index (χ4v) is 3.50. The van der Waals surface area contributed by atoms with Gasteiger partial charge in [0.25, 0.3) is 5.56 Å². The molecule has 0 N–H and O–H groups in total. The largest absolute Gasteiger partial charge is 0.497 e. The summed E-state index contributed by atoms with van der Waals surface area (Å²) in [7, 11) is 1.62. The summed E-state index contributed by atoms with van der Waals surface area (Å²) in [5.41, 5.74) is 2.69. The number of nitrogens with zero attached hydrogens (tertiary/aromatic N) is 5. The van der Waals surface area contributed by atoms with Gasteiger partial charge in [0.1, 0.15) is 17.8 Å². The number of methoxy groups -OCH3 is 1. The van der Waals surface area contributed by atoms with E-state index in [9.17, 15) is 4.79 Å². The van der Waals surface area contributed by atoms with Gasteiger partial charge in [0, 0.05) is 28.0 Å². The number of aromatic nitrogens is 5. The lowest BCUT2D eigenvalue weighted by Gasteiger charge is -2.02. The predicted octanol–water partition coefficient (Wildman–Crippen LogP) is 4.03. The lowest BCUT2D eigenvalue weighted by atomic mass is 10.1. The van der Waals surface area contributed by atoms with Crippen molar-refractivity contribution >= 4 is 21.4 Å². The van der Waals surface area contributed by atoms with Crippen molar-refractivity contribution in [3.63, 3.8) is 0 Å². The van der Waals surface area contributed by atoms with E-state index in [-0.39, 0.29) is 12.1 Å². The van der Waals surface area contributed by atoms with Crippen molar-refractivity contribution in [1.82, 2.24) is 24.3 Å². The van der Waals surface area contributed by atoms with Gasteiger partial charge in [0.05, 0.1) is 12.8 Å². The Kier molecular flexibility index (Phi) is 4.87. The topological polar surface area (TPSA) is 87.5 Å². The van der Waals surface area contributed by atoms with Gasteiger partial charge in [-0.15, -0.1) is 0 Å². The van der Waals surface area contributed by atoms with Gasteiger partial charge < -0.3 is 13.8 Å². The molecule has 0 radical (unpaired) electrons. The van der Waals surface area contributed by atoms with Crippen LogP contribution in [0.4, 0.5) is 0 Å². The van der Waals surface area contributed by atoms with Crippen molar-refractivity contribution < 1.29 is 9.26 Å². The highest BCUT2D eigenvalue weighted by Gasteiger charge is 2.13. The van der Waals surface area contributed by atoms with Crippen LogP contribution in [0, 0.1) is 0 Å². The van der Waals surface area contributed by atoms with Crippen LogP contribution in [0.15, 0.2) is 80.8 Å². The van der Waals surface area contributed by atoms with Crippen LogP contribution in [0.2, 0.25) is 0 Å². The average Bonchev–Trinajstić information content (AvgIpc) is 3.44. The summed E-state index contributed by atoms with van der Waals surface area (Å²) in [5.74, 6) is 1.58. The Balaban J connectivity index is 1.43. The summed E-state index contributed by atoms with van der Waals surface area (Å²) >= 11 is 3.40. The van der Waals surface area contributed by atoms with Crippen molar-refractivity contribution in [2.75, 3.05) is 7.11 Å². The third-order valence-corrected chi connectivity index (χ3v) is 5.39. The lowest BCUT2D eigenvalue weighted by molar-refractivity contribution is 0.370. The molecule has 5 rings (SSSR count). The first-order valence-electron chi connectivity index (χ1n) is 9.42. The molecule has 0 saturated carbocycles. The number of hydrogen-bond acceptors (Lipinski definition) is 6. The van der Waals surface area contributed by atoms with E-state index in [0.717, 1.165) is 21.3 Å². The molecule has 0 aliphatic rings. The second-order valence-corrected chi connectivity index (χ2v) is 7.75. The molecule has 2 aromatic carbocycles. The molecular weight excluding hydrogens is 462 g/mol. The molecule has 0 atom stereocenters. The molecule has 8 nitrogen and oxygen atoms in total. The first-order valence-corrected chi connectivity index (χ1v) is 10.2. The molecule has 0 aliphatic heterocycles. The Labute approximate surface area is 184 Å². The Bertz CT molecular complexity index is 1420. The molecular formula is C22H16BrN5O3. The molecule has 9 heteroatoms. The predicted molar refractivity (Wildman–Crippen MR) is 118 cm³/mol. The molecule has 5 aromatic rings. The Morgan fingerprint density at radius 3 is 2.52 bits per heavy atom. The summed E-state index contributed by atoms with van der Waals surface area (Å²) in [6.45, 7) is 0.169. The number of ether oxygens (including phenoxy) is 1. The third-order valence-electron chi connectivity index (χ3n) is 4.87. The maximum atomic E-state index is 13.0. The van der Waals surface area contributed by atoms with Gasteiger partial charge in [-0.25, -0.2) is 4.52 Å². The third kappa shape index (κ3) is 3.75. The van der Waals surface area contributed by atoms with Crippen molar-refractivity contribution in [2.45, 2.75) is 6.54 Å². The maximum absolute atomic E-state index is 13.0. The Morgan fingerprint density at radius 1 is 1.03 bits per heavy atom. The molecule has 0 fully saturated rings. The fourth-order valence-electron chi connectivity index (χ4n) is 3.23. The van der Waals surface area contributed by atoms with Crippen molar-refractivity contribution in [3.05, 3.63) is 87.7 Å². The maximum Gasteiger partial charge on any atom is 0.277 e. The summed E-state index contributed by atoms with van der Waals surface area (Å²) in [6, 6.07) is 16.9. The zero-order valence-corrected chi connectivity index (χ0v) is 18.0. The quantitative estimate of drug-likeness (QED) is 0.379. The Morgan fingerprint density at radius 2 is 1.77 bits per heavy atom. The van der Waals surface area contributed by atoms with Gasteiger partial charge in [-0.3, -0.25) is 4.79 Å². The van der Waals surface area contributed by atoms with Crippen molar-refractivity contribution in [1.29, 1.82) is 0 Å². The van der Waals surface area contributed by atoms with Crippen LogP contribution in [-0.2, 0) is 6.54 Å². The van der Waals surface area contributed by atoms with Gasteiger partial charge in [0.2, 0.25) is 11.7 Å². The van der Waals surface area contributed by atoms with Crippen LogP contribution in [0.1, 0.15) is 5.89 Å². The van der Waals surface area contributed by atoms with Crippen LogP contribution < -0.4 is 10.3 Å². The molecule has 3 heterocycles. The minimum atomic E-state index is -0.196. The van der Waals surface area contributed by atoms with Crippen LogP contribution in [-0.4, -0.2) is 31.4 Å². The van der Waals surface area contributed by atoms with E-state index in [2.05, 4.69) is 31.2 Å². The van der Waals surface area contributed by atoms with Gasteiger partial charge in [-0.1, -0.05) is 21.1 Å². The number of rotatable bonds is 5. The minimum absolute atomic E-state index is 0.169. The molecule has 0 amide bonds. The van der Waals surface area contributed by atoms with Crippen LogP contribution >= 0.6 is 15.9 Å². The van der Waals surface area contributed by atoms with Crippen LogP contribution in [0.3, 0.4) is 0 Å². The normalized spacial score (nSPS) is 11.2. The van der Waals surface area contributed by atoms with E-state index in [1.54, 1.807) is 30.1 Å². The summed E-state index contributed by atoms with van der Waals surface area (Å²) in [4.78, 5) is 17.4. The van der Waals surface area contributed by atoms with Crippen LogP contribution in [0.25, 0.3) is 28.2 Å². The highest BCUT2D eigenvalue weighted by Crippen LogP contribution is 2.22. The smallest absolute Gasteiger partial charge is 0.277 e. The summed E-state index contributed by atoms with van der Waals surface area (Å²) in [6.07, 6.45) is 3.39. The summed E-state index contributed by atoms with van der Waals surface area (Å²) in [5, 5.41) is 8.52. The fraction of sp³-hybridized carbons (Fsp3) is 0.0909. The molecule has 0 unspecified atom stereocenters. The molecule has 3 aromatic heterocycles. The zero-order chi connectivity index (χ0) is 21.4. The van der Waals surface area contributed by atoms with Crippen molar-refractivity contribution in [3.8, 4) is 28.4 Å². The second-order valence-electron chi connectivity index (χ2n) is 6.84. The van der Waals surface area contributed by atoms with E-state index in [1.165, 1.54) is 4.57 Å². The van der Waals surface area contributed by atoms with E-state index in [0.29, 0.717) is 22.9 Å². The molecule has 0 aliphatic carbocycles. The number of benzene rings is 2.